The number of hydrogen-bond acceptors (Lipinski definition) is 3. The Hall–Kier alpha value is -1.81. The summed E-state index contributed by atoms with van der Waals surface area (Å²) in [5, 5.41) is 4.25. The van der Waals surface area contributed by atoms with Gasteiger partial charge in [-0.3, -0.25) is 4.68 Å². The molecule has 0 unspecified atom stereocenters. The van der Waals surface area contributed by atoms with Crippen molar-refractivity contribution in [1.29, 1.82) is 0 Å². The third kappa shape index (κ3) is 3.85. The van der Waals surface area contributed by atoms with E-state index in [2.05, 4.69) is 52.3 Å². The van der Waals surface area contributed by atoms with E-state index in [9.17, 15) is 0 Å². The second kappa shape index (κ2) is 6.76. The average Bonchev–Trinajstić information content (AvgIpc) is 3.17. The van der Waals surface area contributed by atoms with E-state index in [-0.39, 0.29) is 0 Å². The van der Waals surface area contributed by atoms with E-state index in [0.717, 1.165) is 19.0 Å². The summed E-state index contributed by atoms with van der Waals surface area (Å²) in [4.78, 5) is 4.94. The number of rotatable bonds is 6. The molecule has 1 aliphatic rings. The fourth-order valence-electron chi connectivity index (χ4n) is 3.09. The molecule has 3 rings (SSSR count). The van der Waals surface area contributed by atoms with E-state index < -0.39 is 0 Å². The maximum Gasteiger partial charge on any atom is 0.0536 e. The van der Waals surface area contributed by atoms with Gasteiger partial charge in [0.15, 0.2) is 0 Å². The number of aromatic nitrogens is 2. The number of nitrogens with zero attached hydrogens (tertiary/aromatic N) is 4. The summed E-state index contributed by atoms with van der Waals surface area (Å²) in [5.74, 6) is 0.771. The van der Waals surface area contributed by atoms with Crippen LogP contribution in [0.1, 0.15) is 6.42 Å². The summed E-state index contributed by atoms with van der Waals surface area (Å²) in [5.41, 5.74) is 1.36. The second-order valence-corrected chi connectivity index (χ2v) is 5.97. The molecule has 1 aromatic heterocycles. The Morgan fingerprint density at radius 2 is 2.10 bits per heavy atom. The van der Waals surface area contributed by atoms with E-state index in [4.69, 9.17) is 0 Å². The molecule has 1 aromatic carbocycles. The molecule has 0 N–H and O–H groups in total. The molecule has 0 aliphatic carbocycles. The number of para-hydroxylation sites is 1. The van der Waals surface area contributed by atoms with Gasteiger partial charge in [0.2, 0.25) is 0 Å². The Kier molecular flexibility index (Phi) is 4.55. The molecule has 0 radical (unpaired) electrons. The maximum atomic E-state index is 4.25. The van der Waals surface area contributed by atoms with Crippen LogP contribution in [0, 0.1) is 5.92 Å². The molecular weight excluding hydrogens is 260 g/mol. The van der Waals surface area contributed by atoms with Gasteiger partial charge in [-0.1, -0.05) is 18.2 Å². The molecule has 4 heteroatoms. The largest absolute Gasteiger partial charge is 0.371 e. The van der Waals surface area contributed by atoms with Gasteiger partial charge in [-0.25, -0.2) is 0 Å². The van der Waals surface area contributed by atoms with Gasteiger partial charge in [-0.2, -0.15) is 5.10 Å². The summed E-state index contributed by atoms with van der Waals surface area (Å²) in [7, 11) is 2.22. The van der Waals surface area contributed by atoms with Crippen molar-refractivity contribution in [2.45, 2.75) is 13.0 Å². The Bertz CT molecular complexity index is 523. The van der Waals surface area contributed by atoms with Crippen molar-refractivity contribution in [2.24, 2.45) is 5.92 Å². The molecule has 0 amide bonds. The van der Waals surface area contributed by atoms with Gasteiger partial charge in [0.1, 0.15) is 0 Å². The third-order valence-corrected chi connectivity index (χ3v) is 4.25. The SMILES string of the molecule is CN(CCn1cccn1)C[C@@H]1CCN(c2ccccc2)C1. The van der Waals surface area contributed by atoms with E-state index in [1.807, 2.05) is 23.1 Å². The standard InChI is InChI=1S/C17H24N4/c1-19(12-13-21-10-5-9-18-21)14-16-8-11-20(15-16)17-6-3-2-4-7-17/h2-7,9-10,16H,8,11-15H2,1H3/t16-/m0/s1. The van der Waals surface area contributed by atoms with Crippen LogP contribution in [0.25, 0.3) is 0 Å². The zero-order valence-corrected chi connectivity index (χ0v) is 12.7. The quantitative estimate of drug-likeness (QED) is 0.814. The van der Waals surface area contributed by atoms with E-state index >= 15 is 0 Å². The van der Waals surface area contributed by atoms with Gasteiger partial charge in [0.05, 0.1) is 6.54 Å². The number of anilines is 1. The van der Waals surface area contributed by atoms with E-state index in [1.165, 1.54) is 31.7 Å². The predicted molar refractivity (Wildman–Crippen MR) is 86.5 cm³/mol. The smallest absolute Gasteiger partial charge is 0.0536 e. The zero-order chi connectivity index (χ0) is 14.5. The zero-order valence-electron chi connectivity index (χ0n) is 12.7. The van der Waals surface area contributed by atoms with Crippen molar-refractivity contribution in [2.75, 3.05) is 38.1 Å². The van der Waals surface area contributed by atoms with Crippen LogP contribution < -0.4 is 4.90 Å². The minimum absolute atomic E-state index is 0.771. The molecule has 2 aromatic rings. The van der Waals surface area contributed by atoms with Crippen LogP contribution in [-0.4, -0.2) is 47.9 Å². The van der Waals surface area contributed by atoms with Gasteiger partial charge in [-0.05, 0) is 37.6 Å². The number of hydrogen-bond donors (Lipinski definition) is 0. The van der Waals surface area contributed by atoms with Crippen molar-refractivity contribution in [3.63, 3.8) is 0 Å². The van der Waals surface area contributed by atoms with Crippen molar-refractivity contribution < 1.29 is 0 Å². The van der Waals surface area contributed by atoms with Crippen molar-refractivity contribution in [1.82, 2.24) is 14.7 Å². The highest BCUT2D eigenvalue weighted by Gasteiger charge is 2.23. The summed E-state index contributed by atoms with van der Waals surface area (Å²) in [6, 6.07) is 12.7. The lowest BCUT2D eigenvalue weighted by molar-refractivity contribution is 0.272. The van der Waals surface area contributed by atoms with Crippen LogP contribution in [0.5, 0.6) is 0 Å². The fourth-order valence-corrected chi connectivity index (χ4v) is 3.09. The first-order valence-electron chi connectivity index (χ1n) is 7.77. The first-order valence-corrected chi connectivity index (χ1v) is 7.77. The molecule has 112 valence electrons. The highest BCUT2D eigenvalue weighted by molar-refractivity contribution is 5.46. The lowest BCUT2D eigenvalue weighted by atomic mass is 10.1. The average molecular weight is 284 g/mol. The van der Waals surface area contributed by atoms with Gasteiger partial charge < -0.3 is 9.80 Å². The van der Waals surface area contributed by atoms with Crippen LogP contribution in [0.15, 0.2) is 48.8 Å². The Morgan fingerprint density at radius 1 is 1.24 bits per heavy atom. The van der Waals surface area contributed by atoms with E-state index in [1.54, 1.807) is 0 Å². The molecule has 0 bridgehead atoms. The van der Waals surface area contributed by atoms with E-state index in [0.29, 0.717) is 0 Å². The normalized spacial score (nSPS) is 18.6. The van der Waals surface area contributed by atoms with Crippen molar-refractivity contribution >= 4 is 5.69 Å². The minimum atomic E-state index is 0.771. The molecule has 1 aliphatic heterocycles. The molecule has 21 heavy (non-hydrogen) atoms. The summed E-state index contributed by atoms with van der Waals surface area (Å²) >= 11 is 0. The molecule has 4 nitrogen and oxygen atoms in total. The van der Waals surface area contributed by atoms with Crippen LogP contribution in [0.4, 0.5) is 5.69 Å². The molecular formula is C17H24N4. The van der Waals surface area contributed by atoms with Gasteiger partial charge >= 0.3 is 0 Å². The van der Waals surface area contributed by atoms with Gasteiger partial charge in [0.25, 0.3) is 0 Å². The van der Waals surface area contributed by atoms with Crippen molar-refractivity contribution in [3.05, 3.63) is 48.8 Å². The summed E-state index contributed by atoms with van der Waals surface area (Å²) < 4.78 is 2.00. The second-order valence-electron chi connectivity index (χ2n) is 5.97. The molecule has 1 saturated heterocycles. The summed E-state index contributed by atoms with van der Waals surface area (Å²) in [6.45, 7) is 5.56. The fraction of sp³-hybridized carbons (Fsp3) is 0.471. The van der Waals surface area contributed by atoms with Crippen LogP contribution in [0.2, 0.25) is 0 Å². The lowest BCUT2D eigenvalue weighted by Gasteiger charge is -2.22. The van der Waals surface area contributed by atoms with Crippen molar-refractivity contribution in [3.8, 4) is 0 Å². The third-order valence-electron chi connectivity index (χ3n) is 4.25. The monoisotopic (exact) mass is 284 g/mol. The highest BCUT2D eigenvalue weighted by atomic mass is 15.3. The number of likely N-dealkylation sites (N-methyl/N-ethyl adjacent to an activating group) is 1. The molecule has 0 spiro atoms. The molecule has 1 atom stereocenters. The Labute approximate surface area is 127 Å². The maximum absolute atomic E-state index is 4.25. The number of benzene rings is 1. The van der Waals surface area contributed by atoms with Gasteiger partial charge in [-0.15, -0.1) is 0 Å². The Morgan fingerprint density at radius 3 is 2.86 bits per heavy atom. The molecule has 0 saturated carbocycles. The van der Waals surface area contributed by atoms with Gasteiger partial charge in [0, 0.05) is 44.3 Å². The van der Waals surface area contributed by atoms with Crippen LogP contribution in [-0.2, 0) is 6.54 Å². The predicted octanol–water partition coefficient (Wildman–Crippen LogP) is 2.34. The lowest BCUT2D eigenvalue weighted by Crippen LogP contribution is -2.30. The first kappa shape index (κ1) is 14.1. The van der Waals surface area contributed by atoms with Crippen LogP contribution >= 0.6 is 0 Å². The Balaban J connectivity index is 1.44. The molecule has 1 fully saturated rings. The van der Waals surface area contributed by atoms with Crippen LogP contribution in [0.3, 0.4) is 0 Å². The minimum Gasteiger partial charge on any atom is -0.371 e. The highest BCUT2D eigenvalue weighted by Crippen LogP contribution is 2.23. The first-order chi connectivity index (χ1) is 10.3. The summed E-state index contributed by atoms with van der Waals surface area (Å²) in [6.07, 6.45) is 5.16. The topological polar surface area (TPSA) is 24.3 Å². The molecule has 2 heterocycles.